The summed E-state index contributed by atoms with van der Waals surface area (Å²) in [7, 11) is 0. The van der Waals surface area contributed by atoms with E-state index in [9.17, 15) is 9.59 Å². The predicted molar refractivity (Wildman–Crippen MR) is 82.5 cm³/mol. The first-order valence-corrected chi connectivity index (χ1v) is 8.29. The predicted octanol–water partition coefficient (Wildman–Crippen LogP) is 1.22. The highest BCUT2D eigenvalue weighted by Gasteiger charge is 2.31. The highest BCUT2D eigenvalue weighted by Crippen LogP contribution is 2.25. The third-order valence-corrected chi connectivity index (χ3v) is 4.59. The summed E-state index contributed by atoms with van der Waals surface area (Å²) in [6.07, 6.45) is 4.50. The van der Waals surface area contributed by atoms with E-state index >= 15 is 0 Å². The molecule has 2 aliphatic rings. The number of nitrogens with zero attached hydrogens (tertiary/aromatic N) is 2. The summed E-state index contributed by atoms with van der Waals surface area (Å²) in [5, 5.41) is 0. The van der Waals surface area contributed by atoms with Crippen LogP contribution in [0.5, 0.6) is 0 Å². The number of hydrogen-bond donors (Lipinski definition) is 1. The molecule has 2 N–H and O–H groups in total. The SMILES string of the molecule is CC(C)CC(=O)N1CCN(C(=O)C2CCCC(N)C2)CC1. The Morgan fingerprint density at radius 3 is 2.29 bits per heavy atom. The Bertz CT molecular complexity index is 376. The fourth-order valence-electron chi connectivity index (χ4n) is 3.36. The Balaban J connectivity index is 1.80. The number of carbonyl (C=O) groups is 2. The molecule has 2 amide bonds. The molecule has 1 heterocycles. The zero-order valence-corrected chi connectivity index (χ0v) is 13.4. The largest absolute Gasteiger partial charge is 0.339 e. The highest BCUT2D eigenvalue weighted by atomic mass is 16.2. The Morgan fingerprint density at radius 1 is 1.10 bits per heavy atom. The van der Waals surface area contributed by atoms with Crippen molar-refractivity contribution in [2.75, 3.05) is 26.2 Å². The van der Waals surface area contributed by atoms with Crippen LogP contribution in [0.4, 0.5) is 0 Å². The molecule has 1 saturated carbocycles. The minimum Gasteiger partial charge on any atom is -0.339 e. The van der Waals surface area contributed by atoms with Crippen molar-refractivity contribution in [1.82, 2.24) is 9.80 Å². The van der Waals surface area contributed by atoms with Crippen LogP contribution < -0.4 is 5.73 Å². The molecule has 0 aromatic rings. The van der Waals surface area contributed by atoms with E-state index in [1.807, 2.05) is 9.80 Å². The second kappa shape index (κ2) is 7.25. The van der Waals surface area contributed by atoms with Crippen LogP contribution in [0.1, 0.15) is 46.0 Å². The average Bonchev–Trinajstić information content (AvgIpc) is 2.46. The van der Waals surface area contributed by atoms with Crippen LogP contribution >= 0.6 is 0 Å². The average molecular weight is 295 g/mol. The minimum atomic E-state index is 0.103. The van der Waals surface area contributed by atoms with E-state index in [-0.39, 0.29) is 23.8 Å². The second-order valence-corrected chi connectivity index (χ2v) is 6.93. The molecule has 2 atom stereocenters. The molecule has 120 valence electrons. The molecule has 5 heteroatoms. The van der Waals surface area contributed by atoms with Gasteiger partial charge >= 0.3 is 0 Å². The third-order valence-electron chi connectivity index (χ3n) is 4.59. The van der Waals surface area contributed by atoms with Crippen molar-refractivity contribution < 1.29 is 9.59 Å². The van der Waals surface area contributed by atoms with Gasteiger partial charge < -0.3 is 15.5 Å². The first kappa shape index (κ1) is 16.3. The lowest BCUT2D eigenvalue weighted by molar-refractivity contribution is -0.143. The number of carbonyl (C=O) groups excluding carboxylic acids is 2. The molecule has 2 rings (SSSR count). The van der Waals surface area contributed by atoms with E-state index in [0.29, 0.717) is 38.5 Å². The lowest BCUT2D eigenvalue weighted by Gasteiger charge is -2.38. The summed E-state index contributed by atoms with van der Waals surface area (Å²) >= 11 is 0. The van der Waals surface area contributed by atoms with Gasteiger partial charge in [-0.15, -0.1) is 0 Å². The Hall–Kier alpha value is -1.10. The van der Waals surface area contributed by atoms with Gasteiger partial charge in [-0.1, -0.05) is 20.3 Å². The molecule has 2 fully saturated rings. The lowest BCUT2D eigenvalue weighted by atomic mass is 9.85. The maximum Gasteiger partial charge on any atom is 0.225 e. The number of nitrogens with two attached hydrogens (primary N) is 1. The van der Waals surface area contributed by atoms with Crippen molar-refractivity contribution >= 4 is 11.8 Å². The highest BCUT2D eigenvalue weighted by molar-refractivity contribution is 5.80. The van der Waals surface area contributed by atoms with Crippen LogP contribution in [0, 0.1) is 11.8 Å². The van der Waals surface area contributed by atoms with E-state index in [2.05, 4.69) is 13.8 Å². The van der Waals surface area contributed by atoms with Crippen molar-refractivity contribution in [2.45, 2.75) is 52.0 Å². The minimum absolute atomic E-state index is 0.103. The van der Waals surface area contributed by atoms with Gasteiger partial charge in [-0.05, 0) is 25.2 Å². The standard InChI is InChI=1S/C16H29N3O2/c1-12(2)10-15(20)18-6-8-19(9-7-18)16(21)13-4-3-5-14(17)11-13/h12-14H,3-11,17H2,1-2H3. The van der Waals surface area contributed by atoms with Crippen molar-refractivity contribution in [1.29, 1.82) is 0 Å². The lowest BCUT2D eigenvalue weighted by Crippen LogP contribution is -2.52. The van der Waals surface area contributed by atoms with Crippen LogP contribution in [-0.4, -0.2) is 53.8 Å². The van der Waals surface area contributed by atoms with Gasteiger partial charge in [-0.25, -0.2) is 0 Å². The molecule has 5 nitrogen and oxygen atoms in total. The first-order valence-electron chi connectivity index (χ1n) is 8.29. The van der Waals surface area contributed by atoms with E-state index < -0.39 is 0 Å². The molecule has 2 unspecified atom stereocenters. The van der Waals surface area contributed by atoms with Gasteiger partial charge in [-0.2, -0.15) is 0 Å². The first-order chi connectivity index (χ1) is 9.97. The molecule has 0 spiro atoms. The van der Waals surface area contributed by atoms with Crippen LogP contribution in [0.25, 0.3) is 0 Å². The van der Waals surface area contributed by atoms with Crippen LogP contribution in [-0.2, 0) is 9.59 Å². The van der Waals surface area contributed by atoms with Crippen molar-refractivity contribution in [3.05, 3.63) is 0 Å². The third kappa shape index (κ3) is 4.43. The van der Waals surface area contributed by atoms with Gasteiger partial charge in [0.2, 0.25) is 11.8 Å². The molecule has 0 aromatic heterocycles. The van der Waals surface area contributed by atoms with E-state index in [0.717, 1.165) is 25.7 Å². The van der Waals surface area contributed by atoms with Crippen LogP contribution in [0.15, 0.2) is 0 Å². The number of rotatable bonds is 3. The summed E-state index contributed by atoms with van der Waals surface area (Å²) in [6, 6.07) is 0.182. The van der Waals surface area contributed by atoms with Gasteiger partial charge in [0.05, 0.1) is 0 Å². The molecule has 1 aliphatic heterocycles. The van der Waals surface area contributed by atoms with Gasteiger partial charge in [0.25, 0.3) is 0 Å². The molecular formula is C16H29N3O2. The summed E-state index contributed by atoms with van der Waals surface area (Å²) in [5.74, 6) is 0.963. The number of piperazine rings is 1. The molecule has 0 bridgehead atoms. The summed E-state index contributed by atoms with van der Waals surface area (Å²) in [4.78, 5) is 28.4. The smallest absolute Gasteiger partial charge is 0.225 e. The molecule has 0 aromatic carbocycles. The molecule has 1 aliphatic carbocycles. The van der Waals surface area contributed by atoms with Crippen molar-refractivity contribution in [3.63, 3.8) is 0 Å². The normalized spacial score (nSPS) is 27.0. The van der Waals surface area contributed by atoms with Crippen LogP contribution in [0.3, 0.4) is 0 Å². The fourth-order valence-corrected chi connectivity index (χ4v) is 3.36. The molecular weight excluding hydrogens is 266 g/mol. The van der Waals surface area contributed by atoms with Gasteiger partial charge in [0.1, 0.15) is 0 Å². The molecule has 0 radical (unpaired) electrons. The van der Waals surface area contributed by atoms with Crippen molar-refractivity contribution in [2.24, 2.45) is 17.6 Å². The van der Waals surface area contributed by atoms with Gasteiger partial charge in [0, 0.05) is 44.6 Å². The zero-order valence-electron chi connectivity index (χ0n) is 13.4. The Labute approximate surface area is 127 Å². The Kier molecular flexibility index (Phi) is 5.62. The summed E-state index contributed by atoms with van der Waals surface area (Å²) in [6.45, 7) is 6.82. The molecule has 1 saturated heterocycles. The molecule has 21 heavy (non-hydrogen) atoms. The second-order valence-electron chi connectivity index (χ2n) is 6.93. The summed E-state index contributed by atoms with van der Waals surface area (Å²) in [5.41, 5.74) is 5.98. The van der Waals surface area contributed by atoms with Crippen molar-refractivity contribution in [3.8, 4) is 0 Å². The van der Waals surface area contributed by atoms with Gasteiger partial charge in [0.15, 0.2) is 0 Å². The number of amides is 2. The van der Waals surface area contributed by atoms with E-state index in [1.165, 1.54) is 0 Å². The fraction of sp³-hybridized carbons (Fsp3) is 0.875. The summed E-state index contributed by atoms with van der Waals surface area (Å²) < 4.78 is 0. The van der Waals surface area contributed by atoms with Gasteiger partial charge in [-0.3, -0.25) is 9.59 Å². The Morgan fingerprint density at radius 2 is 1.71 bits per heavy atom. The number of hydrogen-bond acceptors (Lipinski definition) is 3. The monoisotopic (exact) mass is 295 g/mol. The maximum atomic E-state index is 12.5. The van der Waals surface area contributed by atoms with Crippen LogP contribution in [0.2, 0.25) is 0 Å². The van der Waals surface area contributed by atoms with E-state index in [4.69, 9.17) is 5.73 Å². The van der Waals surface area contributed by atoms with E-state index in [1.54, 1.807) is 0 Å². The quantitative estimate of drug-likeness (QED) is 0.851. The zero-order chi connectivity index (χ0) is 15.4. The maximum absolute atomic E-state index is 12.5. The topological polar surface area (TPSA) is 66.6 Å².